The molecule has 0 aromatic carbocycles. The lowest BCUT2D eigenvalue weighted by Crippen LogP contribution is -2.48. The predicted molar refractivity (Wildman–Crippen MR) is 89.1 cm³/mol. The molecule has 0 bridgehead atoms. The molecule has 22 heavy (non-hydrogen) atoms. The van der Waals surface area contributed by atoms with Gasteiger partial charge in [0.1, 0.15) is 5.54 Å². The van der Waals surface area contributed by atoms with E-state index < -0.39 is 5.54 Å². The van der Waals surface area contributed by atoms with Crippen LogP contribution in [0.3, 0.4) is 0 Å². The standard InChI is InChI=1S/C18H24N2OS/c19-13-18(10-6-3-7-11-18)20-17(21)16-12-14-8-4-1-2-5-9-15(14)22-16/h12H,1-11H2,(H,20,21). The number of rotatable bonds is 2. The second-order valence-corrected chi connectivity index (χ2v) is 7.82. The van der Waals surface area contributed by atoms with Crippen LogP contribution in [0.1, 0.15) is 77.9 Å². The van der Waals surface area contributed by atoms with Crippen LogP contribution in [-0.4, -0.2) is 11.4 Å². The normalized spacial score (nSPS) is 21.0. The van der Waals surface area contributed by atoms with E-state index in [9.17, 15) is 10.1 Å². The third kappa shape index (κ3) is 3.35. The Hall–Kier alpha value is -1.34. The van der Waals surface area contributed by atoms with Crippen molar-refractivity contribution in [2.24, 2.45) is 0 Å². The van der Waals surface area contributed by atoms with Crippen molar-refractivity contribution in [3.05, 3.63) is 21.4 Å². The van der Waals surface area contributed by atoms with E-state index >= 15 is 0 Å². The lowest BCUT2D eigenvalue weighted by Gasteiger charge is -2.31. The number of hydrogen-bond acceptors (Lipinski definition) is 3. The molecular weight excluding hydrogens is 292 g/mol. The quantitative estimate of drug-likeness (QED) is 0.881. The van der Waals surface area contributed by atoms with Gasteiger partial charge in [-0.05, 0) is 50.2 Å². The zero-order chi connectivity index (χ0) is 15.4. The van der Waals surface area contributed by atoms with Crippen LogP contribution in [0.25, 0.3) is 0 Å². The second-order valence-electron chi connectivity index (χ2n) is 6.68. The van der Waals surface area contributed by atoms with Gasteiger partial charge in [-0.3, -0.25) is 4.79 Å². The molecule has 1 aromatic heterocycles. The minimum Gasteiger partial charge on any atom is -0.333 e. The van der Waals surface area contributed by atoms with Crippen LogP contribution < -0.4 is 5.32 Å². The van der Waals surface area contributed by atoms with Gasteiger partial charge in [0.25, 0.3) is 5.91 Å². The molecule has 3 nitrogen and oxygen atoms in total. The summed E-state index contributed by atoms with van der Waals surface area (Å²) in [5.41, 5.74) is 0.734. The summed E-state index contributed by atoms with van der Waals surface area (Å²) < 4.78 is 0. The van der Waals surface area contributed by atoms with Crippen molar-refractivity contribution in [3.63, 3.8) is 0 Å². The molecule has 0 atom stereocenters. The molecule has 118 valence electrons. The Morgan fingerprint density at radius 1 is 1.09 bits per heavy atom. The molecule has 0 radical (unpaired) electrons. The van der Waals surface area contributed by atoms with E-state index in [-0.39, 0.29) is 5.91 Å². The summed E-state index contributed by atoms with van der Waals surface area (Å²) in [6.07, 6.45) is 12.1. The number of carbonyl (C=O) groups excluding carboxylic acids is 1. The first-order chi connectivity index (χ1) is 10.7. The van der Waals surface area contributed by atoms with Crippen molar-refractivity contribution in [2.75, 3.05) is 0 Å². The van der Waals surface area contributed by atoms with Gasteiger partial charge in [-0.2, -0.15) is 5.26 Å². The zero-order valence-electron chi connectivity index (χ0n) is 13.1. The van der Waals surface area contributed by atoms with Crippen LogP contribution in [0.4, 0.5) is 0 Å². The van der Waals surface area contributed by atoms with Crippen LogP contribution in [0.15, 0.2) is 6.07 Å². The topological polar surface area (TPSA) is 52.9 Å². The number of carbonyl (C=O) groups is 1. The predicted octanol–water partition coefficient (Wildman–Crippen LogP) is 4.36. The van der Waals surface area contributed by atoms with Crippen molar-refractivity contribution in [3.8, 4) is 6.07 Å². The van der Waals surface area contributed by atoms with E-state index in [0.717, 1.165) is 43.4 Å². The Morgan fingerprint density at radius 3 is 2.50 bits per heavy atom. The number of aryl methyl sites for hydroxylation is 2. The second kappa shape index (κ2) is 6.83. The van der Waals surface area contributed by atoms with Gasteiger partial charge in [-0.1, -0.05) is 32.1 Å². The van der Waals surface area contributed by atoms with Crippen molar-refractivity contribution in [1.82, 2.24) is 5.32 Å². The Labute approximate surface area is 136 Å². The van der Waals surface area contributed by atoms with Gasteiger partial charge in [0.2, 0.25) is 0 Å². The molecule has 1 heterocycles. The van der Waals surface area contributed by atoms with Gasteiger partial charge < -0.3 is 5.32 Å². The molecule has 4 heteroatoms. The van der Waals surface area contributed by atoms with Gasteiger partial charge in [-0.15, -0.1) is 11.3 Å². The lowest BCUT2D eigenvalue weighted by molar-refractivity contribution is 0.0907. The van der Waals surface area contributed by atoms with Gasteiger partial charge in [0.15, 0.2) is 0 Å². The lowest BCUT2D eigenvalue weighted by atomic mass is 9.83. The molecule has 0 aliphatic heterocycles. The Bertz CT molecular complexity index is 553. The van der Waals surface area contributed by atoms with Gasteiger partial charge in [0, 0.05) is 4.88 Å². The fraction of sp³-hybridized carbons (Fsp3) is 0.667. The maximum Gasteiger partial charge on any atom is 0.262 e. The highest BCUT2D eigenvalue weighted by molar-refractivity contribution is 7.14. The molecule has 0 spiro atoms. The van der Waals surface area contributed by atoms with Gasteiger partial charge >= 0.3 is 0 Å². The number of thiophene rings is 1. The van der Waals surface area contributed by atoms with Crippen LogP contribution >= 0.6 is 11.3 Å². The van der Waals surface area contributed by atoms with Crippen LogP contribution in [-0.2, 0) is 12.8 Å². The SMILES string of the molecule is N#CC1(NC(=O)c2cc3c(s2)CCCCCC3)CCCCC1. The van der Waals surface area contributed by atoms with E-state index in [1.54, 1.807) is 11.3 Å². The Morgan fingerprint density at radius 2 is 1.77 bits per heavy atom. The van der Waals surface area contributed by atoms with Crippen molar-refractivity contribution >= 4 is 17.2 Å². The summed E-state index contributed by atoms with van der Waals surface area (Å²) in [6, 6.07) is 4.45. The van der Waals surface area contributed by atoms with Crippen molar-refractivity contribution in [1.29, 1.82) is 5.26 Å². The average molecular weight is 316 g/mol. The third-order valence-electron chi connectivity index (χ3n) is 4.99. The molecule has 0 unspecified atom stereocenters. The Kier molecular flexibility index (Phi) is 4.83. The van der Waals surface area contributed by atoms with Crippen LogP contribution in [0, 0.1) is 11.3 Å². The molecule has 1 fully saturated rings. The number of nitriles is 1. The Balaban J connectivity index is 1.74. The third-order valence-corrected chi connectivity index (χ3v) is 6.23. The summed E-state index contributed by atoms with van der Waals surface area (Å²) >= 11 is 1.64. The van der Waals surface area contributed by atoms with E-state index in [1.165, 1.54) is 42.5 Å². The number of nitrogens with zero attached hydrogens (tertiary/aromatic N) is 1. The molecule has 1 aromatic rings. The highest BCUT2D eigenvalue weighted by Crippen LogP contribution is 2.31. The molecule has 1 amide bonds. The van der Waals surface area contributed by atoms with Crippen molar-refractivity contribution in [2.45, 2.75) is 76.2 Å². The number of fused-ring (bicyclic) bond motifs is 1. The molecule has 2 aliphatic rings. The fourth-order valence-corrected chi connectivity index (χ4v) is 4.80. The molecule has 3 rings (SSSR count). The highest BCUT2D eigenvalue weighted by Gasteiger charge is 2.34. The van der Waals surface area contributed by atoms with E-state index in [2.05, 4.69) is 17.5 Å². The first kappa shape index (κ1) is 15.6. The first-order valence-electron chi connectivity index (χ1n) is 8.58. The molecular formula is C18H24N2OS. The number of hydrogen-bond donors (Lipinski definition) is 1. The molecule has 0 saturated heterocycles. The smallest absolute Gasteiger partial charge is 0.262 e. The van der Waals surface area contributed by atoms with E-state index in [4.69, 9.17) is 0 Å². The summed E-state index contributed by atoms with van der Waals surface area (Å²) in [7, 11) is 0. The van der Waals surface area contributed by atoms with Crippen molar-refractivity contribution < 1.29 is 4.79 Å². The molecule has 1 saturated carbocycles. The maximum absolute atomic E-state index is 12.6. The minimum absolute atomic E-state index is 0.0415. The largest absolute Gasteiger partial charge is 0.333 e. The fourth-order valence-electron chi connectivity index (χ4n) is 3.66. The summed E-state index contributed by atoms with van der Waals surface area (Å²) in [4.78, 5) is 14.8. The van der Waals surface area contributed by atoms with E-state index in [0.29, 0.717) is 0 Å². The van der Waals surface area contributed by atoms with Gasteiger partial charge in [0.05, 0.1) is 10.9 Å². The first-order valence-corrected chi connectivity index (χ1v) is 9.39. The van der Waals surface area contributed by atoms with Crippen LogP contribution in [0.5, 0.6) is 0 Å². The van der Waals surface area contributed by atoms with Crippen LogP contribution in [0.2, 0.25) is 0 Å². The summed E-state index contributed by atoms with van der Waals surface area (Å²) in [5, 5.41) is 12.6. The zero-order valence-corrected chi connectivity index (χ0v) is 13.9. The molecule has 2 aliphatic carbocycles. The van der Waals surface area contributed by atoms with Gasteiger partial charge in [-0.25, -0.2) is 0 Å². The average Bonchev–Trinajstić information content (AvgIpc) is 2.90. The minimum atomic E-state index is -0.631. The van der Waals surface area contributed by atoms with E-state index in [1.807, 2.05) is 0 Å². The highest BCUT2D eigenvalue weighted by atomic mass is 32.1. The maximum atomic E-state index is 12.6. The number of nitrogens with one attached hydrogen (secondary N) is 1. The monoisotopic (exact) mass is 316 g/mol. The molecule has 1 N–H and O–H groups in total. The number of amides is 1. The summed E-state index contributed by atoms with van der Waals surface area (Å²) in [5.74, 6) is -0.0415. The summed E-state index contributed by atoms with van der Waals surface area (Å²) in [6.45, 7) is 0.